The van der Waals surface area contributed by atoms with E-state index in [0.717, 1.165) is 13.0 Å². The fourth-order valence-corrected chi connectivity index (χ4v) is 2.14. The molecular formula is C10H18Cl2N2O. The van der Waals surface area contributed by atoms with E-state index in [4.69, 9.17) is 23.2 Å². The van der Waals surface area contributed by atoms with E-state index in [2.05, 4.69) is 10.2 Å². The van der Waals surface area contributed by atoms with Gasteiger partial charge < -0.3 is 10.2 Å². The van der Waals surface area contributed by atoms with Gasteiger partial charge in [-0.15, -0.1) is 23.2 Å². The minimum absolute atomic E-state index is 0.0359. The Morgan fingerprint density at radius 1 is 1.47 bits per heavy atom. The van der Waals surface area contributed by atoms with E-state index < -0.39 is 9.75 Å². The van der Waals surface area contributed by atoms with Crippen LogP contribution in [0.5, 0.6) is 0 Å². The molecule has 3 nitrogen and oxygen atoms in total. The Balaban J connectivity index is 2.21. The second-order valence-corrected chi connectivity index (χ2v) is 6.11. The number of rotatable bonds is 5. The van der Waals surface area contributed by atoms with Crippen molar-refractivity contribution in [2.45, 2.75) is 24.1 Å². The largest absolute Gasteiger partial charge is 0.355 e. The van der Waals surface area contributed by atoms with Gasteiger partial charge in [0.05, 0.1) is 5.41 Å². The molecule has 0 aromatic heterocycles. The fourth-order valence-electron chi connectivity index (χ4n) is 1.44. The zero-order valence-corrected chi connectivity index (χ0v) is 11.0. The molecule has 0 saturated heterocycles. The average Bonchev–Trinajstić information content (AvgIpc) is 2.61. The topological polar surface area (TPSA) is 32.3 Å². The summed E-state index contributed by atoms with van der Waals surface area (Å²) in [5, 5.41) is 2.86. The van der Waals surface area contributed by atoms with Crippen LogP contribution in [0, 0.1) is 5.41 Å². The van der Waals surface area contributed by atoms with E-state index in [1.54, 1.807) is 6.92 Å². The first-order chi connectivity index (χ1) is 6.79. The van der Waals surface area contributed by atoms with Crippen LogP contribution in [-0.4, -0.2) is 42.3 Å². The van der Waals surface area contributed by atoms with Crippen LogP contribution in [0.1, 0.15) is 19.8 Å². The van der Waals surface area contributed by atoms with Crippen LogP contribution < -0.4 is 5.32 Å². The Hall–Kier alpha value is 0.01000. The summed E-state index contributed by atoms with van der Waals surface area (Å²) < 4.78 is -0.862. The molecular weight excluding hydrogens is 235 g/mol. The third kappa shape index (κ3) is 2.99. The number of hydrogen-bond acceptors (Lipinski definition) is 2. The van der Waals surface area contributed by atoms with Gasteiger partial charge in [0.15, 0.2) is 0 Å². The lowest BCUT2D eigenvalue weighted by Crippen LogP contribution is -2.34. The molecule has 5 heteroatoms. The quantitative estimate of drug-likeness (QED) is 0.596. The monoisotopic (exact) mass is 252 g/mol. The molecule has 1 rings (SSSR count). The highest BCUT2D eigenvalue weighted by molar-refractivity contribution is 6.53. The summed E-state index contributed by atoms with van der Waals surface area (Å²) in [4.78, 5) is 13.8. The fraction of sp³-hybridized carbons (Fsp3) is 0.900. The maximum absolute atomic E-state index is 11.7. The second kappa shape index (κ2) is 4.48. The highest BCUT2D eigenvalue weighted by atomic mass is 35.5. The van der Waals surface area contributed by atoms with E-state index in [1.165, 1.54) is 0 Å². The van der Waals surface area contributed by atoms with Gasteiger partial charge in [0.1, 0.15) is 4.33 Å². The maximum Gasteiger partial charge on any atom is 0.229 e. The molecule has 1 amide bonds. The van der Waals surface area contributed by atoms with Crippen molar-refractivity contribution in [2.24, 2.45) is 5.41 Å². The van der Waals surface area contributed by atoms with E-state index in [1.807, 2.05) is 14.1 Å². The van der Waals surface area contributed by atoms with Crippen LogP contribution in [0.2, 0.25) is 0 Å². The first-order valence-electron chi connectivity index (χ1n) is 5.10. The van der Waals surface area contributed by atoms with E-state index in [9.17, 15) is 4.79 Å². The van der Waals surface area contributed by atoms with Crippen molar-refractivity contribution in [3.8, 4) is 0 Å². The number of carbonyl (C=O) groups is 1. The van der Waals surface area contributed by atoms with Crippen LogP contribution >= 0.6 is 23.2 Å². The van der Waals surface area contributed by atoms with E-state index in [-0.39, 0.29) is 5.91 Å². The number of nitrogens with one attached hydrogen (secondary N) is 1. The highest BCUT2D eigenvalue weighted by Gasteiger charge is 2.67. The van der Waals surface area contributed by atoms with Crippen molar-refractivity contribution >= 4 is 29.1 Å². The molecule has 0 radical (unpaired) electrons. The Labute approximate surface area is 101 Å². The molecule has 88 valence electrons. The predicted molar refractivity (Wildman–Crippen MR) is 63.3 cm³/mol. The lowest BCUT2D eigenvalue weighted by Gasteiger charge is -2.13. The van der Waals surface area contributed by atoms with Gasteiger partial charge in [0.25, 0.3) is 0 Å². The molecule has 1 atom stereocenters. The third-order valence-corrected chi connectivity index (χ3v) is 3.93. The van der Waals surface area contributed by atoms with E-state index >= 15 is 0 Å². The molecule has 0 bridgehead atoms. The summed E-state index contributed by atoms with van der Waals surface area (Å²) in [7, 11) is 4.01. The van der Waals surface area contributed by atoms with Gasteiger partial charge >= 0.3 is 0 Å². The Morgan fingerprint density at radius 3 is 2.40 bits per heavy atom. The predicted octanol–water partition coefficient (Wildman–Crippen LogP) is 1.64. The summed E-state index contributed by atoms with van der Waals surface area (Å²) in [6.07, 6.45) is 1.48. The number of halogens is 2. The van der Waals surface area contributed by atoms with Crippen LogP contribution in [-0.2, 0) is 4.79 Å². The maximum atomic E-state index is 11.7. The molecule has 1 saturated carbocycles. The van der Waals surface area contributed by atoms with Gasteiger partial charge in [0.2, 0.25) is 5.91 Å². The summed E-state index contributed by atoms with van der Waals surface area (Å²) in [6.45, 7) is 3.44. The highest BCUT2D eigenvalue weighted by Crippen LogP contribution is 2.63. The summed E-state index contributed by atoms with van der Waals surface area (Å²) in [5.74, 6) is -0.0359. The molecule has 0 heterocycles. The van der Waals surface area contributed by atoms with Crippen LogP contribution in [0.25, 0.3) is 0 Å². The Kier molecular flexibility index (Phi) is 3.90. The van der Waals surface area contributed by atoms with Gasteiger partial charge in [-0.2, -0.15) is 0 Å². The van der Waals surface area contributed by atoms with Gasteiger partial charge in [-0.1, -0.05) is 0 Å². The molecule has 0 aromatic rings. The van der Waals surface area contributed by atoms with Crippen molar-refractivity contribution in [2.75, 3.05) is 27.2 Å². The molecule has 1 aliphatic carbocycles. The molecule has 0 aromatic carbocycles. The minimum atomic E-state index is -0.862. The zero-order valence-electron chi connectivity index (χ0n) is 9.44. The van der Waals surface area contributed by atoms with E-state index in [0.29, 0.717) is 13.0 Å². The third-order valence-electron chi connectivity index (χ3n) is 2.83. The molecule has 1 fully saturated rings. The number of carbonyl (C=O) groups excluding carboxylic acids is 1. The normalized spacial score (nSPS) is 27.9. The van der Waals surface area contributed by atoms with Crippen molar-refractivity contribution < 1.29 is 4.79 Å². The van der Waals surface area contributed by atoms with Gasteiger partial charge in [0, 0.05) is 6.54 Å². The summed E-state index contributed by atoms with van der Waals surface area (Å²) in [6, 6.07) is 0. The van der Waals surface area contributed by atoms with Crippen molar-refractivity contribution in [3.63, 3.8) is 0 Å². The SMILES string of the molecule is CN(C)CCCNC(=O)C1(C)CC1(Cl)Cl. The number of nitrogens with zero attached hydrogens (tertiary/aromatic N) is 1. The van der Waals surface area contributed by atoms with Gasteiger partial charge in [-0.3, -0.25) is 4.79 Å². The number of hydrogen-bond donors (Lipinski definition) is 1. The van der Waals surface area contributed by atoms with Gasteiger partial charge in [-0.05, 0) is 40.4 Å². The number of alkyl halides is 2. The lowest BCUT2D eigenvalue weighted by molar-refractivity contribution is -0.125. The van der Waals surface area contributed by atoms with Crippen LogP contribution in [0.15, 0.2) is 0 Å². The Morgan fingerprint density at radius 2 is 2.00 bits per heavy atom. The lowest BCUT2D eigenvalue weighted by atomic mass is 10.1. The van der Waals surface area contributed by atoms with Crippen molar-refractivity contribution in [1.82, 2.24) is 10.2 Å². The minimum Gasteiger partial charge on any atom is -0.355 e. The molecule has 15 heavy (non-hydrogen) atoms. The summed E-state index contributed by atoms with van der Waals surface area (Å²) >= 11 is 11.8. The van der Waals surface area contributed by atoms with Crippen molar-refractivity contribution in [1.29, 1.82) is 0 Å². The zero-order chi connectivity index (χ0) is 11.7. The standard InChI is InChI=1S/C10H18Cl2N2O/c1-9(7-10(9,11)12)8(15)13-5-4-6-14(2)3/h4-7H2,1-3H3,(H,13,15). The Bertz CT molecular complexity index is 256. The first kappa shape index (κ1) is 13.1. The molecule has 1 aliphatic rings. The molecule has 0 spiro atoms. The smallest absolute Gasteiger partial charge is 0.229 e. The van der Waals surface area contributed by atoms with Crippen molar-refractivity contribution in [3.05, 3.63) is 0 Å². The summed E-state index contributed by atoms with van der Waals surface area (Å²) in [5.41, 5.74) is -0.589. The molecule has 1 N–H and O–H groups in total. The second-order valence-electron chi connectivity index (χ2n) is 4.63. The van der Waals surface area contributed by atoms with Crippen LogP contribution in [0.4, 0.5) is 0 Å². The van der Waals surface area contributed by atoms with Gasteiger partial charge in [-0.25, -0.2) is 0 Å². The molecule has 0 aliphatic heterocycles. The van der Waals surface area contributed by atoms with Crippen LogP contribution in [0.3, 0.4) is 0 Å². The first-order valence-corrected chi connectivity index (χ1v) is 5.86. The number of amides is 1. The average molecular weight is 253 g/mol. The molecule has 1 unspecified atom stereocenters.